The molecule has 3 rings (SSSR count). The van der Waals surface area contributed by atoms with Gasteiger partial charge in [-0.3, -0.25) is 9.59 Å². The fraction of sp³-hybridized carbons (Fsp3) is 0.333. The van der Waals surface area contributed by atoms with Gasteiger partial charge >= 0.3 is 6.18 Å². The highest BCUT2D eigenvalue weighted by Gasteiger charge is 2.35. The van der Waals surface area contributed by atoms with E-state index in [4.69, 9.17) is 4.74 Å². The highest BCUT2D eigenvalue weighted by Crippen LogP contribution is 2.36. The molecule has 1 heterocycles. The predicted octanol–water partition coefficient (Wildman–Crippen LogP) is 5.34. The topological polar surface area (TPSA) is 91.4 Å². The van der Waals surface area contributed by atoms with Crippen molar-refractivity contribution in [3.63, 3.8) is 0 Å². The van der Waals surface area contributed by atoms with Gasteiger partial charge in [0.25, 0.3) is 5.56 Å². The molecular formula is C27H28F4N2O4. The van der Waals surface area contributed by atoms with Crippen LogP contribution in [0.2, 0.25) is 0 Å². The number of hydrogen-bond donors (Lipinski definition) is 3. The molecule has 0 fully saturated rings. The maximum atomic E-state index is 14.8. The van der Waals surface area contributed by atoms with E-state index in [-0.39, 0.29) is 41.2 Å². The maximum absolute atomic E-state index is 14.8. The Labute approximate surface area is 211 Å². The Kier molecular flexibility index (Phi) is 8.42. The third kappa shape index (κ3) is 7.19. The number of aliphatic hydroxyl groups is 1. The fourth-order valence-corrected chi connectivity index (χ4v) is 3.83. The van der Waals surface area contributed by atoms with E-state index in [2.05, 4.69) is 10.3 Å². The molecule has 3 N–H and O–H groups in total. The van der Waals surface area contributed by atoms with Crippen molar-refractivity contribution in [2.45, 2.75) is 39.8 Å². The summed E-state index contributed by atoms with van der Waals surface area (Å²) in [5.74, 6) is -1.11. The average molecular weight is 521 g/mol. The predicted molar refractivity (Wildman–Crippen MR) is 132 cm³/mol. The van der Waals surface area contributed by atoms with Gasteiger partial charge in [0.05, 0.1) is 18.6 Å². The molecule has 6 nitrogen and oxygen atoms in total. The number of carbonyl (C=O) groups is 1. The molecule has 3 aromatic rings. The van der Waals surface area contributed by atoms with E-state index in [0.29, 0.717) is 17.7 Å². The number of ether oxygens (including phenoxy) is 1. The van der Waals surface area contributed by atoms with Crippen LogP contribution >= 0.6 is 0 Å². The van der Waals surface area contributed by atoms with Gasteiger partial charge in [0.2, 0.25) is 5.91 Å². The zero-order chi connectivity index (χ0) is 27.4. The Morgan fingerprint density at radius 1 is 1.08 bits per heavy atom. The molecule has 0 radical (unpaired) electrons. The summed E-state index contributed by atoms with van der Waals surface area (Å²) < 4.78 is 61.3. The van der Waals surface area contributed by atoms with Gasteiger partial charge < -0.3 is 20.1 Å². The van der Waals surface area contributed by atoms with Crippen LogP contribution in [-0.2, 0) is 23.8 Å². The quantitative estimate of drug-likeness (QED) is 0.332. The number of amides is 1. The first kappa shape index (κ1) is 27.9. The molecule has 0 aliphatic heterocycles. The lowest BCUT2D eigenvalue weighted by Crippen LogP contribution is -2.22. The number of anilines is 1. The molecule has 2 aromatic carbocycles. The van der Waals surface area contributed by atoms with Crippen LogP contribution in [0.1, 0.15) is 37.5 Å². The first-order valence-electron chi connectivity index (χ1n) is 11.6. The number of rotatable bonds is 9. The number of H-pyrrole nitrogens is 1. The van der Waals surface area contributed by atoms with Crippen LogP contribution in [0.15, 0.2) is 53.5 Å². The molecule has 0 saturated heterocycles. The lowest BCUT2D eigenvalue weighted by atomic mass is 9.84. The van der Waals surface area contributed by atoms with Crippen molar-refractivity contribution in [1.29, 1.82) is 0 Å². The van der Waals surface area contributed by atoms with Gasteiger partial charge in [-0.2, -0.15) is 13.2 Å². The molecule has 198 valence electrons. The molecule has 0 atom stereocenters. The van der Waals surface area contributed by atoms with Crippen LogP contribution in [-0.4, -0.2) is 29.2 Å². The number of aliphatic hydroxyl groups excluding tert-OH is 1. The standard InChI is InChI=1S/C27H28F4N2O4/c1-4-37-23-12-24(35)32-14-20(23)16-5-6-17(22(28)9-16)10-25(36)33-19-8-7-18(13-26(2,3)15-34)21(11-19)27(29,30)31/h5-9,11-12,14,34H,4,10,13,15H2,1-3H3,(H,32,35)(H,33,36). The number of alkyl halides is 3. The minimum atomic E-state index is -4.66. The van der Waals surface area contributed by atoms with Crippen molar-refractivity contribution < 1.29 is 32.2 Å². The average Bonchev–Trinajstić information content (AvgIpc) is 2.81. The van der Waals surface area contributed by atoms with Gasteiger partial charge in [-0.25, -0.2) is 4.39 Å². The summed E-state index contributed by atoms with van der Waals surface area (Å²) in [6.07, 6.45) is -3.68. The number of aromatic nitrogens is 1. The molecule has 0 bridgehead atoms. The van der Waals surface area contributed by atoms with Gasteiger partial charge in [0.1, 0.15) is 11.6 Å². The van der Waals surface area contributed by atoms with Crippen molar-refractivity contribution in [3.8, 4) is 16.9 Å². The molecule has 0 aliphatic rings. The van der Waals surface area contributed by atoms with E-state index in [9.17, 15) is 32.3 Å². The molecule has 0 unspecified atom stereocenters. The Hall–Kier alpha value is -3.66. The summed E-state index contributed by atoms with van der Waals surface area (Å²) in [6, 6.07) is 8.85. The summed E-state index contributed by atoms with van der Waals surface area (Å²) in [7, 11) is 0. The summed E-state index contributed by atoms with van der Waals surface area (Å²) in [5, 5.41) is 11.8. The molecule has 0 aliphatic carbocycles. The third-order valence-corrected chi connectivity index (χ3v) is 5.70. The van der Waals surface area contributed by atoms with Gasteiger partial charge in [0.15, 0.2) is 0 Å². The third-order valence-electron chi connectivity index (χ3n) is 5.70. The number of nitrogens with one attached hydrogen (secondary N) is 2. The second-order valence-corrected chi connectivity index (χ2v) is 9.41. The van der Waals surface area contributed by atoms with Crippen LogP contribution in [0.4, 0.5) is 23.2 Å². The van der Waals surface area contributed by atoms with Gasteiger partial charge in [0, 0.05) is 30.1 Å². The van der Waals surface area contributed by atoms with Crippen molar-refractivity contribution in [1.82, 2.24) is 4.98 Å². The monoisotopic (exact) mass is 520 g/mol. The van der Waals surface area contributed by atoms with Crippen LogP contribution in [0, 0.1) is 11.2 Å². The van der Waals surface area contributed by atoms with E-state index in [1.165, 1.54) is 36.5 Å². The number of benzene rings is 2. The Morgan fingerprint density at radius 3 is 2.41 bits per heavy atom. The largest absolute Gasteiger partial charge is 0.493 e. The number of carbonyl (C=O) groups excluding carboxylic acids is 1. The van der Waals surface area contributed by atoms with Gasteiger partial charge in [-0.1, -0.05) is 32.0 Å². The van der Waals surface area contributed by atoms with Crippen LogP contribution in [0.25, 0.3) is 11.1 Å². The van der Waals surface area contributed by atoms with E-state index in [0.717, 1.165) is 6.07 Å². The summed E-state index contributed by atoms with van der Waals surface area (Å²) in [4.78, 5) is 26.6. The lowest BCUT2D eigenvalue weighted by molar-refractivity contribution is -0.138. The van der Waals surface area contributed by atoms with Crippen molar-refractivity contribution >= 4 is 11.6 Å². The first-order chi connectivity index (χ1) is 17.3. The number of halogens is 4. The molecule has 1 aromatic heterocycles. The molecule has 10 heteroatoms. The molecule has 0 saturated carbocycles. The van der Waals surface area contributed by atoms with Crippen LogP contribution < -0.4 is 15.6 Å². The second-order valence-electron chi connectivity index (χ2n) is 9.41. The van der Waals surface area contributed by atoms with Gasteiger partial charge in [-0.05, 0) is 53.6 Å². The molecule has 0 spiro atoms. The summed E-state index contributed by atoms with van der Waals surface area (Å²) in [6.45, 7) is 5.05. The van der Waals surface area contributed by atoms with E-state index < -0.39 is 35.3 Å². The Balaban J connectivity index is 1.79. The normalized spacial score (nSPS) is 11.9. The Bertz CT molecular complexity index is 1330. The first-order valence-corrected chi connectivity index (χ1v) is 11.6. The molecular weight excluding hydrogens is 492 g/mol. The SMILES string of the molecule is CCOc1cc(=O)[nH]cc1-c1ccc(CC(=O)Nc2ccc(CC(C)(C)CO)c(C(F)(F)F)c2)c(F)c1. The smallest absolute Gasteiger partial charge is 0.416 e. The molecule has 1 amide bonds. The van der Waals surface area contributed by atoms with Crippen LogP contribution in [0.3, 0.4) is 0 Å². The van der Waals surface area contributed by atoms with Gasteiger partial charge in [-0.15, -0.1) is 0 Å². The minimum Gasteiger partial charge on any atom is -0.493 e. The van der Waals surface area contributed by atoms with E-state index in [1.807, 2.05) is 0 Å². The zero-order valence-corrected chi connectivity index (χ0v) is 20.6. The molecule has 37 heavy (non-hydrogen) atoms. The van der Waals surface area contributed by atoms with Crippen molar-refractivity contribution in [2.24, 2.45) is 5.41 Å². The number of aromatic amines is 1. The van der Waals surface area contributed by atoms with Crippen LogP contribution in [0.5, 0.6) is 5.75 Å². The second kappa shape index (κ2) is 11.2. The summed E-state index contributed by atoms with van der Waals surface area (Å²) in [5.41, 5.74) is -1.20. The zero-order valence-electron chi connectivity index (χ0n) is 20.6. The van der Waals surface area contributed by atoms with E-state index in [1.54, 1.807) is 26.8 Å². The van der Waals surface area contributed by atoms with E-state index >= 15 is 0 Å². The Morgan fingerprint density at radius 2 is 1.78 bits per heavy atom. The minimum absolute atomic E-state index is 0.000129. The summed E-state index contributed by atoms with van der Waals surface area (Å²) >= 11 is 0. The van der Waals surface area contributed by atoms with Crippen molar-refractivity contribution in [2.75, 3.05) is 18.5 Å². The number of pyridine rings is 1. The highest BCUT2D eigenvalue weighted by molar-refractivity contribution is 5.92. The lowest BCUT2D eigenvalue weighted by Gasteiger charge is -2.24. The fourth-order valence-electron chi connectivity index (χ4n) is 3.83. The highest BCUT2D eigenvalue weighted by atomic mass is 19.4. The van der Waals surface area contributed by atoms with Crippen molar-refractivity contribution in [3.05, 3.63) is 81.5 Å². The maximum Gasteiger partial charge on any atom is 0.416 e. The number of hydrogen-bond acceptors (Lipinski definition) is 4.